The first kappa shape index (κ1) is 21.6. The third-order valence-electron chi connectivity index (χ3n) is 4.89. The number of rotatable bonds is 7. The molecule has 6 nitrogen and oxygen atoms in total. The van der Waals surface area contributed by atoms with E-state index in [-0.39, 0.29) is 18.2 Å². The van der Waals surface area contributed by atoms with Crippen molar-refractivity contribution >= 4 is 33.2 Å². The van der Waals surface area contributed by atoms with Crippen molar-refractivity contribution in [3.63, 3.8) is 0 Å². The number of hydrogen-bond acceptors (Lipinski definition) is 4. The zero-order valence-corrected chi connectivity index (χ0v) is 17.9. The molecule has 0 aliphatic carbocycles. The minimum atomic E-state index is -3.57. The quantitative estimate of drug-likeness (QED) is 0.713. The van der Waals surface area contributed by atoms with Crippen LogP contribution in [-0.2, 0) is 20.6 Å². The summed E-state index contributed by atoms with van der Waals surface area (Å²) in [5, 5.41) is 3.32. The molecule has 1 heterocycles. The lowest BCUT2D eigenvalue weighted by molar-refractivity contribution is -0.120. The Hall–Kier alpha value is -2.09. The summed E-state index contributed by atoms with van der Waals surface area (Å²) in [5.41, 5.74) is 1.15. The van der Waals surface area contributed by atoms with E-state index in [0.717, 1.165) is 0 Å². The van der Waals surface area contributed by atoms with E-state index in [1.165, 1.54) is 4.31 Å². The highest BCUT2D eigenvalue weighted by Crippen LogP contribution is 2.27. The van der Waals surface area contributed by atoms with Crippen LogP contribution in [0.2, 0.25) is 5.02 Å². The summed E-state index contributed by atoms with van der Waals surface area (Å²) < 4.78 is 32.7. The predicted octanol–water partition coefficient (Wildman–Crippen LogP) is 3.92. The number of nitrogens with one attached hydrogen (secondary N) is 1. The van der Waals surface area contributed by atoms with Crippen LogP contribution in [0.1, 0.15) is 25.3 Å². The molecular weight excluding hydrogens is 412 g/mol. The molecule has 1 aliphatic heterocycles. The highest BCUT2D eigenvalue weighted by atomic mass is 35.5. The number of anilines is 1. The van der Waals surface area contributed by atoms with E-state index < -0.39 is 15.9 Å². The molecule has 0 saturated carbocycles. The van der Waals surface area contributed by atoms with Gasteiger partial charge >= 0.3 is 0 Å². The maximum absolute atomic E-state index is 12.9. The van der Waals surface area contributed by atoms with Crippen LogP contribution >= 0.6 is 11.6 Å². The Kier molecular flexibility index (Phi) is 7.16. The molecule has 3 rings (SSSR count). The van der Waals surface area contributed by atoms with E-state index in [2.05, 4.69) is 5.32 Å². The van der Waals surface area contributed by atoms with Crippen molar-refractivity contribution in [2.45, 2.75) is 25.5 Å². The number of carbonyl (C=O) groups is 1. The highest BCUT2D eigenvalue weighted by Gasteiger charge is 2.33. The lowest BCUT2D eigenvalue weighted by Crippen LogP contribution is -2.44. The lowest BCUT2D eigenvalue weighted by atomic mass is 9.98. The summed E-state index contributed by atoms with van der Waals surface area (Å²) in [7, 11) is -3.57. The van der Waals surface area contributed by atoms with Crippen molar-refractivity contribution < 1.29 is 17.9 Å². The minimum Gasteiger partial charge on any atom is -0.492 e. The Labute approximate surface area is 176 Å². The van der Waals surface area contributed by atoms with Crippen molar-refractivity contribution in [1.29, 1.82) is 0 Å². The number of halogens is 1. The summed E-state index contributed by atoms with van der Waals surface area (Å²) in [6, 6.07) is 14.1. The number of amides is 1. The third kappa shape index (κ3) is 5.50. The lowest BCUT2D eigenvalue weighted by Gasteiger charge is -2.31. The van der Waals surface area contributed by atoms with Crippen LogP contribution in [0.5, 0.6) is 5.75 Å². The number of para-hydroxylation sites is 2. The van der Waals surface area contributed by atoms with Crippen LogP contribution in [0.25, 0.3) is 0 Å². The molecule has 0 unspecified atom stereocenters. The van der Waals surface area contributed by atoms with Crippen LogP contribution in [0.4, 0.5) is 5.69 Å². The molecule has 1 amide bonds. The number of carbonyl (C=O) groups excluding carboxylic acids is 1. The zero-order chi connectivity index (χ0) is 20.9. The molecule has 2 aromatic carbocycles. The fourth-order valence-electron chi connectivity index (χ4n) is 3.40. The van der Waals surface area contributed by atoms with Crippen LogP contribution < -0.4 is 10.1 Å². The van der Waals surface area contributed by atoms with Gasteiger partial charge in [0, 0.05) is 18.1 Å². The molecule has 8 heteroatoms. The van der Waals surface area contributed by atoms with Gasteiger partial charge in [0.2, 0.25) is 15.9 Å². The van der Waals surface area contributed by atoms with Crippen molar-refractivity contribution in [1.82, 2.24) is 4.31 Å². The Balaban J connectivity index is 1.68. The summed E-state index contributed by atoms with van der Waals surface area (Å²) in [4.78, 5) is 12.8. The second-order valence-electron chi connectivity index (χ2n) is 6.96. The smallest absolute Gasteiger partial charge is 0.228 e. The molecule has 1 atom stereocenters. The third-order valence-corrected chi connectivity index (χ3v) is 7.05. The predicted molar refractivity (Wildman–Crippen MR) is 115 cm³/mol. The zero-order valence-electron chi connectivity index (χ0n) is 16.3. The van der Waals surface area contributed by atoms with Crippen molar-refractivity contribution in [2.75, 3.05) is 25.0 Å². The number of hydrogen-bond donors (Lipinski definition) is 1. The van der Waals surface area contributed by atoms with E-state index in [1.807, 2.05) is 19.1 Å². The molecule has 156 valence electrons. The Morgan fingerprint density at radius 3 is 2.69 bits per heavy atom. The van der Waals surface area contributed by atoms with Gasteiger partial charge in [-0.3, -0.25) is 4.79 Å². The van der Waals surface area contributed by atoms with Gasteiger partial charge in [-0.15, -0.1) is 0 Å². The molecule has 1 saturated heterocycles. The van der Waals surface area contributed by atoms with Gasteiger partial charge in [-0.2, -0.15) is 0 Å². The average Bonchev–Trinajstić information content (AvgIpc) is 2.71. The summed E-state index contributed by atoms with van der Waals surface area (Å²) >= 11 is 6.12. The van der Waals surface area contributed by atoms with Crippen molar-refractivity contribution in [3.8, 4) is 5.75 Å². The van der Waals surface area contributed by atoms with Gasteiger partial charge in [-0.05, 0) is 43.5 Å². The van der Waals surface area contributed by atoms with Gasteiger partial charge in [0.1, 0.15) is 5.75 Å². The summed E-state index contributed by atoms with van der Waals surface area (Å²) in [5.74, 6) is -0.189. The summed E-state index contributed by atoms with van der Waals surface area (Å²) in [6.45, 7) is 2.94. The normalized spacial score (nSPS) is 17.7. The molecule has 1 N–H and O–H groups in total. The second kappa shape index (κ2) is 9.61. The highest BCUT2D eigenvalue weighted by molar-refractivity contribution is 7.88. The van der Waals surface area contributed by atoms with E-state index in [1.54, 1.807) is 36.4 Å². The Bertz CT molecular complexity index is 965. The number of benzene rings is 2. The SMILES string of the molecule is CCOc1ccccc1NC(=O)[C@@H]1CCCN(S(=O)(=O)Cc2ccccc2Cl)C1. The monoisotopic (exact) mass is 436 g/mol. The van der Waals surface area contributed by atoms with Gasteiger partial charge in [0.15, 0.2) is 0 Å². The molecule has 2 aromatic rings. The minimum absolute atomic E-state index is 0.162. The molecule has 0 bridgehead atoms. The number of nitrogens with zero attached hydrogens (tertiary/aromatic N) is 1. The summed E-state index contributed by atoms with van der Waals surface area (Å²) in [6.07, 6.45) is 1.27. The fourth-order valence-corrected chi connectivity index (χ4v) is 5.32. The van der Waals surface area contributed by atoms with E-state index in [4.69, 9.17) is 16.3 Å². The first-order valence-electron chi connectivity index (χ1n) is 9.64. The van der Waals surface area contributed by atoms with Crippen molar-refractivity contribution in [3.05, 3.63) is 59.1 Å². The standard InChI is InChI=1S/C21H25ClN2O4S/c1-2-28-20-12-6-5-11-19(20)23-21(25)16-9-7-13-24(14-16)29(26,27)15-17-8-3-4-10-18(17)22/h3-6,8,10-12,16H,2,7,9,13-15H2,1H3,(H,23,25)/t16-/m1/s1. The van der Waals surface area contributed by atoms with E-state index in [9.17, 15) is 13.2 Å². The van der Waals surface area contributed by atoms with Crippen LogP contribution in [0.3, 0.4) is 0 Å². The Morgan fingerprint density at radius 2 is 1.93 bits per heavy atom. The molecule has 0 aromatic heterocycles. The van der Waals surface area contributed by atoms with E-state index in [0.29, 0.717) is 48.0 Å². The molecule has 0 radical (unpaired) electrons. The number of piperidine rings is 1. The maximum Gasteiger partial charge on any atom is 0.228 e. The molecule has 1 aliphatic rings. The fraction of sp³-hybridized carbons (Fsp3) is 0.381. The number of sulfonamides is 1. The average molecular weight is 437 g/mol. The van der Waals surface area contributed by atoms with Crippen molar-refractivity contribution in [2.24, 2.45) is 5.92 Å². The first-order chi connectivity index (χ1) is 13.9. The van der Waals surface area contributed by atoms with Gasteiger partial charge in [-0.1, -0.05) is 41.9 Å². The largest absolute Gasteiger partial charge is 0.492 e. The van der Waals surface area contributed by atoms with Crippen LogP contribution in [0.15, 0.2) is 48.5 Å². The van der Waals surface area contributed by atoms with Crippen LogP contribution in [-0.4, -0.2) is 38.3 Å². The van der Waals surface area contributed by atoms with Gasteiger partial charge in [-0.25, -0.2) is 12.7 Å². The number of ether oxygens (including phenoxy) is 1. The van der Waals surface area contributed by atoms with Gasteiger partial charge < -0.3 is 10.1 Å². The van der Waals surface area contributed by atoms with Crippen LogP contribution in [0, 0.1) is 5.92 Å². The second-order valence-corrected chi connectivity index (χ2v) is 9.34. The Morgan fingerprint density at radius 1 is 1.21 bits per heavy atom. The molecule has 0 spiro atoms. The molecular formula is C21H25ClN2O4S. The molecule has 29 heavy (non-hydrogen) atoms. The topological polar surface area (TPSA) is 75.7 Å². The van der Waals surface area contributed by atoms with Gasteiger partial charge in [0.25, 0.3) is 0 Å². The first-order valence-corrected chi connectivity index (χ1v) is 11.6. The van der Waals surface area contributed by atoms with E-state index >= 15 is 0 Å². The van der Waals surface area contributed by atoms with Gasteiger partial charge in [0.05, 0.1) is 24.0 Å². The molecule has 1 fully saturated rings. The maximum atomic E-state index is 12.9.